The molecule has 0 aliphatic carbocycles. The molecule has 0 aromatic heterocycles. The number of alkyl halides is 6. The third-order valence-electron chi connectivity index (χ3n) is 2.66. The number of esters is 1. The number of hydrogen-bond donors (Lipinski definition) is 1. The highest BCUT2D eigenvalue weighted by atomic mass is 32.2. The molecule has 14 heteroatoms. The molecule has 1 aromatic carbocycles. The molecule has 0 aliphatic heterocycles. The smallest absolute Gasteiger partial charge is 0.419 e. The number of halogens is 8. The minimum Gasteiger partial charge on any atom is -0.419 e. The quantitative estimate of drug-likeness (QED) is 0.268. The standard InChI is InChI=1S/C12H6F8O5S/c1-3(2)10(21)25-8-4(11(15,16)17)5(12(18,19)20)9(26(22,23)24)7(14)6(8)13/h1H2,2H3,(H,22,23,24). The Kier molecular flexibility index (Phi) is 5.45. The van der Waals surface area contributed by atoms with Gasteiger partial charge in [0.15, 0.2) is 11.6 Å². The summed E-state index contributed by atoms with van der Waals surface area (Å²) in [6.45, 7) is 3.73. The van der Waals surface area contributed by atoms with E-state index in [1.165, 1.54) is 0 Å². The van der Waals surface area contributed by atoms with Crippen molar-refractivity contribution >= 4 is 16.1 Å². The molecule has 1 N–H and O–H groups in total. The van der Waals surface area contributed by atoms with Gasteiger partial charge in [0.1, 0.15) is 10.5 Å². The largest absolute Gasteiger partial charge is 0.420 e. The first kappa shape index (κ1) is 21.8. The van der Waals surface area contributed by atoms with Gasteiger partial charge in [0, 0.05) is 5.57 Å². The molecular weight excluding hydrogens is 408 g/mol. The predicted molar refractivity (Wildman–Crippen MR) is 66.6 cm³/mol. The molecule has 0 aliphatic rings. The van der Waals surface area contributed by atoms with Crippen LogP contribution >= 0.6 is 0 Å². The van der Waals surface area contributed by atoms with Crippen LogP contribution in [0.3, 0.4) is 0 Å². The first-order chi connectivity index (χ1) is 11.4. The van der Waals surface area contributed by atoms with Crippen LogP contribution in [0, 0.1) is 11.6 Å². The molecule has 5 nitrogen and oxygen atoms in total. The van der Waals surface area contributed by atoms with Gasteiger partial charge in [0.05, 0.1) is 5.56 Å². The van der Waals surface area contributed by atoms with E-state index in [0.717, 1.165) is 6.92 Å². The van der Waals surface area contributed by atoms with Crippen LogP contribution in [0.15, 0.2) is 17.0 Å². The van der Waals surface area contributed by atoms with Gasteiger partial charge in [-0.25, -0.2) is 9.18 Å². The van der Waals surface area contributed by atoms with Gasteiger partial charge in [0.25, 0.3) is 10.1 Å². The fraction of sp³-hybridized carbons (Fsp3) is 0.250. The predicted octanol–water partition coefficient (Wildman–Crippen LogP) is 3.73. The molecule has 1 rings (SSSR count). The van der Waals surface area contributed by atoms with Crippen molar-refractivity contribution < 1.29 is 57.6 Å². The summed E-state index contributed by atoms with van der Waals surface area (Å²) in [4.78, 5) is 8.28. The van der Waals surface area contributed by atoms with Gasteiger partial charge < -0.3 is 4.74 Å². The molecule has 0 heterocycles. The molecule has 0 spiro atoms. The third kappa shape index (κ3) is 4.12. The molecule has 0 atom stereocenters. The maximum Gasteiger partial charge on any atom is 0.420 e. The summed E-state index contributed by atoms with van der Waals surface area (Å²) in [5.41, 5.74) is -7.12. The molecule has 146 valence electrons. The van der Waals surface area contributed by atoms with Crippen LogP contribution in [0.4, 0.5) is 35.1 Å². The van der Waals surface area contributed by atoms with Crippen LogP contribution in [0.2, 0.25) is 0 Å². The second-order valence-corrected chi connectivity index (χ2v) is 6.04. The first-order valence-electron chi connectivity index (χ1n) is 5.95. The van der Waals surface area contributed by atoms with E-state index in [2.05, 4.69) is 11.3 Å². The lowest BCUT2D eigenvalue weighted by Crippen LogP contribution is -2.26. The summed E-state index contributed by atoms with van der Waals surface area (Å²) in [5.74, 6) is -10.3. The van der Waals surface area contributed by atoms with E-state index in [9.17, 15) is 48.3 Å². The average molecular weight is 414 g/mol. The lowest BCUT2D eigenvalue weighted by atomic mass is 10.0. The van der Waals surface area contributed by atoms with Gasteiger partial charge in [-0.15, -0.1) is 0 Å². The molecule has 26 heavy (non-hydrogen) atoms. The Morgan fingerprint density at radius 1 is 1.00 bits per heavy atom. The maximum absolute atomic E-state index is 13.9. The van der Waals surface area contributed by atoms with E-state index in [-0.39, 0.29) is 0 Å². The Morgan fingerprint density at radius 2 is 1.42 bits per heavy atom. The minimum atomic E-state index is -6.31. The van der Waals surface area contributed by atoms with E-state index < -0.39 is 67.4 Å². The Hall–Kier alpha value is -2.22. The molecule has 0 radical (unpaired) electrons. The molecule has 0 amide bonds. The third-order valence-corrected chi connectivity index (χ3v) is 3.56. The molecule has 1 aromatic rings. The Bertz CT molecular complexity index is 883. The fourth-order valence-corrected chi connectivity index (χ4v) is 2.50. The van der Waals surface area contributed by atoms with Crippen LogP contribution in [0.1, 0.15) is 18.1 Å². The average Bonchev–Trinajstić information content (AvgIpc) is 2.38. The summed E-state index contributed by atoms with van der Waals surface area (Å²) >= 11 is 0. The number of rotatable bonds is 3. The summed E-state index contributed by atoms with van der Waals surface area (Å²) in [6, 6.07) is 0. The van der Waals surface area contributed by atoms with E-state index in [4.69, 9.17) is 4.55 Å². The van der Waals surface area contributed by atoms with Crippen molar-refractivity contribution in [3.8, 4) is 5.75 Å². The molecule has 0 unspecified atom stereocenters. The van der Waals surface area contributed by atoms with Gasteiger partial charge in [-0.3, -0.25) is 4.55 Å². The number of hydrogen-bond acceptors (Lipinski definition) is 4. The summed E-state index contributed by atoms with van der Waals surface area (Å²) in [6.07, 6.45) is -12.4. The zero-order valence-electron chi connectivity index (χ0n) is 12.2. The second kappa shape index (κ2) is 6.50. The fourth-order valence-electron chi connectivity index (χ4n) is 1.70. The Morgan fingerprint density at radius 3 is 1.73 bits per heavy atom. The highest BCUT2D eigenvalue weighted by molar-refractivity contribution is 7.85. The first-order valence-corrected chi connectivity index (χ1v) is 7.39. The highest BCUT2D eigenvalue weighted by Crippen LogP contribution is 2.49. The van der Waals surface area contributed by atoms with E-state index in [1.54, 1.807) is 0 Å². The highest BCUT2D eigenvalue weighted by Gasteiger charge is 2.52. The van der Waals surface area contributed by atoms with Crippen LogP contribution in [0.5, 0.6) is 5.75 Å². The van der Waals surface area contributed by atoms with Gasteiger partial charge in [-0.1, -0.05) is 6.58 Å². The Labute approximate surface area is 139 Å². The van der Waals surface area contributed by atoms with E-state index in [0.29, 0.717) is 0 Å². The Balaban J connectivity index is 4.23. The maximum atomic E-state index is 13.9. The van der Waals surface area contributed by atoms with Crippen molar-refractivity contribution in [2.75, 3.05) is 0 Å². The molecule has 0 bridgehead atoms. The number of carbonyl (C=O) groups is 1. The molecular formula is C12H6F8O5S. The van der Waals surface area contributed by atoms with Crippen molar-refractivity contribution in [3.05, 3.63) is 34.9 Å². The van der Waals surface area contributed by atoms with Crippen molar-refractivity contribution in [2.24, 2.45) is 0 Å². The van der Waals surface area contributed by atoms with Crippen molar-refractivity contribution in [1.29, 1.82) is 0 Å². The second-order valence-electron chi connectivity index (χ2n) is 4.68. The zero-order valence-corrected chi connectivity index (χ0v) is 13.0. The van der Waals surface area contributed by atoms with Gasteiger partial charge in [-0.05, 0) is 6.92 Å². The van der Waals surface area contributed by atoms with Crippen molar-refractivity contribution in [2.45, 2.75) is 24.2 Å². The van der Waals surface area contributed by atoms with Crippen LogP contribution in [-0.2, 0) is 27.3 Å². The number of carbonyl (C=O) groups excluding carboxylic acids is 1. The van der Waals surface area contributed by atoms with Crippen LogP contribution in [0.25, 0.3) is 0 Å². The lowest BCUT2D eigenvalue weighted by molar-refractivity contribution is -0.165. The van der Waals surface area contributed by atoms with Crippen LogP contribution < -0.4 is 4.74 Å². The van der Waals surface area contributed by atoms with E-state index >= 15 is 0 Å². The SMILES string of the molecule is C=C(C)C(=O)Oc1c(F)c(F)c(S(=O)(=O)O)c(C(F)(F)F)c1C(F)(F)F. The van der Waals surface area contributed by atoms with Crippen molar-refractivity contribution in [3.63, 3.8) is 0 Å². The molecule has 0 saturated heterocycles. The summed E-state index contributed by atoms with van der Waals surface area (Å²) in [5, 5.41) is 0. The normalized spacial score (nSPS) is 12.8. The van der Waals surface area contributed by atoms with Crippen molar-refractivity contribution in [1.82, 2.24) is 0 Å². The minimum absolute atomic E-state index is 0.689. The number of benzene rings is 1. The number of ether oxygens (including phenoxy) is 1. The topological polar surface area (TPSA) is 80.7 Å². The van der Waals surface area contributed by atoms with Crippen LogP contribution in [-0.4, -0.2) is 18.9 Å². The van der Waals surface area contributed by atoms with Gasteiger partial charge in [0.2, 0.25) is 5.82 Å². The van der Waals surface area contributed by atoms with Gasteiger partial charge >= 0.3 is 18.3 Å². The molecule has 0 saturated carbocycles. The summed E-state index contributed by atoms with van der Waals surface area (Å²) in [7, 11) is -6.31. The van der Waals surface area contributed by atoms with E-state index in [1.807, 2.05) is 0 Å². The van der Waals surface area contributed by atoms with Gasteiger partial charge in [-0.2, -0.15) is 39.2 Å². The zero-order chi connectivity index (χ0) is 20.8. The monoisotopic (exact) mass is 414 g/mol. The lowest BCUT2D eigenvalue weighted by Gasteiger charge is -2.22. The molecule has 0 fully saturated rings. The summed E-state index contributed by atoms with van der Waals surface area (Å²) < 4.78 is 140.